The zero-order valence-corrected chi connectivity index (χ0v) is 8.55. The van der Waals surface area contributed by atoms with E-state index in [-0.39, 0.29) is 0 Å². The standard InChI is InChI=1S/C11H19NO/c1-7(2)10-8-5-3-4-6-9(8)12-11(10)13/h7-10H,3-6H2,1-2H3,(H,12,13). The summed E-state index contributed by atoms with van der Waals surface area (Å²) in [5, 5.41) is 3.15. The number of rotatable bonds is 1. The summed E-state index contributed by atoms with van der Waals surface area (Å²) in [7, 11) is 0. The van der Waals surface area contributed by atoms with Gasteiger partial charge in [0.05, 0.1) is 0 Å². The molecule has 2 nitrogen and oxygen atoms in total. The largest absolute Gasteiger partial charge is 0.353 e. The Morgan fingerprint density at radius 3 is 2.69 bits per heavy atom. The summed E-state index contributed by atoms with van der Waals surface area (Å²) in [6, 6.07) is 0.508. The van der Waals surface area contributed by atoms with Crippen LogP contribution in [0.5, 0.6) is 0 Å². The number of carbonyl (C=O) groups excluding carboxylic acids is 1. The minimum Gasteiger partial charge on any atom is -0.353 e. The zero-order valence-electron chi connectivity index (χ0n) is 8.55. The minimum atomic E-state index is 0.297. The van der Waals surface area contributed by atoms with Gasteiger partial charge in [0, 0.05) is 12.0 Å². The lowest BCUT2D eigenvalue weighted by Crippen LogP contribution is -2.31. The first kappa shape index (κ1) is 9.04. The Balaban J connectivity index is 2.13. The van der Waals surface area contributed by atoms with Crippen molar-refractivity contribution < 1.29 is 4.79 Å². The van der Waals surface area contributed by atoms with Gasteiger partial charge in [-0.15, -0.1) is 0 Å². The smallest absolute Gasteiger partial charge is 0.223 e. The van der Waals surface area contributed by atoms with Crippen LogP contribution in [0.4, 0.5) is 0 Å². The van der Waals surface area contributed by atoms with Gasteiger partial charge in [-0.05, 0) is 24.7 Å². The van der Waals surface area contributed by atoms with E-state index < -0.39 is 0 Å². The van der Waals surface area contributed by atoms with E-state index in [0.29, 0.717) is 29.7 Å². The van der Waals surface area contributed by atoms with E-state index in [2.05, 4.69) is 19.2 Å². The van der Waals surface area contributed by atoms with Gasteiger partial charge in [-0.2, -0.15) is 0 Å². The summed E-state index contributed by atoms with van der Waals surface area (Å²) in [5.41, 5.74) is 0. The molecule has 2 heteroatoms. The van der Waals surface area contributed by atoms with Crippen molar-refractivity contribution >= 4 is 5.91 Å². The van der Waals surface area contributed by atoms with E-state index in [4.69, 9.17) is 0 Å². The van der Waals surface area contributed by atoms with Crippen LogP contribution in [0.3, 0.4) is 0 Å². The van der Waals surface area contributed by atoms with Gasteiger partial charge in [0.25, 0.3) is 0 Å². The summed E-state index contributed by atoms with van der Waals surface area (Å²) < 4.78 is 0. The van der Waals surface area contributed by atoms with Crippen molar-refractivity contribution in [3.63, 3.8) is 0 Å². The number of fused-ring (bicyclic) bond motifs is 1. The molecule has 2 aliphatic rings. The summed E-state index contributed by atoms with van der Waals surface area (Å²) in [5.74, 6) is 1.76. The average molecular weight is 181 g/mol. The number of nitrogens with one attached hydrogen (secondary N) is 1. The predicted molar refractivity (Wildman–Crippen MR) is 52.2 cm³/mol. The second kappa shape index (κ2) is 3.32. The molecule has 1 saturated heterocycles. The molecule has 74 valence electrons. The van der Waals surface area contributed by atoms with Crippen molar-refractivity contribution in [2.45, 2.75) is 45.6 Å². The van der Waals surface area contributed by atoms with Gasteiger partial charge >= 0.3 is 0 Å². The summed E-state index contributed by atoms with van der Waals surface area (Å²) in [4.78, 5) is 11.7. The Bertz CT molecular complexity index is 212. The van der Waals surface area contributed by atoms with E-state index in [9.17, 15) is 4.79 Å². The maximum absolute atomic E-state index is 11.7. The normalized spacial score (nSPS) is 39.0. The van der Waals surface area contributed by atoms with Crippen LogP contribution in [0.2, 0.25) is 0 Å². The molecule has 1 N–H and O–H groups in total. The molecule has 1 amide bonds. The molecular weight excluding hydrogens is 162 g/mol. The highest BCUT2D eigenvalue weighted by Gasteiger charge is 2.43. The summed E-state index contributed by atoms with van der Waals surface area (Å²) in [6.07, 6.45) is 5.08. The molecule has 1 aliphatic carbocycles. The fraction of sp³-hybridized carbons (Fsp3) is 0.909. The van der Waals surface area contributed by atoms with Crippen LogP contribution in [0, 0.1) is 17.8 Å². The zero-order chi connectivity index (χ0) is 9.42. The topological polar surface area (TPSA) is 29.1 Å². The first-order valence-corrected chi connectivity index (χ1v) is 5.50. The summed E-state index contributed by atoms with van der Waals surface area (Å²) >= 11 is 0. The van der Waals surface area contributed by atoms with E-state index >= 15 is 0 Å². The minimum absolute atomic E-state index is 0.297. The maximum atomic E-state index is 11.7. The summed E-state index contributed by atoms with van der Waals surface area (Å²) in [6.45, 7) is 4.34. The molecule has 0 aromatic carbocycles. The molecule has 0 aromatic heterocycles. The Morgan fingerprint density at radius 2 is 2.00 bits per heavy atom. The van der Waals surface area contributed by atoms with Crippen LogP contribution in [0.25, 0.3) is 0 Å². The third kappa shape index (κ3) is 1.47. The van der Waals surface area contributed by atoms with Crippen molar-refractivity contribution in [2.75, 3.05) is 0 Å². The monoisotopic (exact) mass is 181 g/mol. The molecule has 0 aromatic rings. The van der Waals surface area contributed by atoms with Crippen LogP contribution in [0.15, 0.2) is 0 Å². The lowest BCUT2D eigenvalue weighted by molar-refractivity contribution is -0.124. The highest BCUT2D eigenvalue weighted by atomic mass is 16.2. The van der Waals surface area contributed by atoms with Gasteiger partial charge in [0.15, 0.2) is 0 Å². The highest BCUT2D eigenvalue weighted by molar-refractivity contribution is 5.82. The molecule has 1 saturated carbocycles. The van der Waals surface area contributed by atoms with Gasteiger partial charge in [-0.1, -0.05) is 26.7 Å². The van der Waals surface area contributed by atoms with Crippen molar-refractivity contribution in [1.29, 1.82) is 0 Å². The molecule has 3 atom stereocenters. The third-order valence-corrected chi connectivity index (χ3v) is 3.63. The molecule has 3 unspecified atom stereocenters. The molecule has 1 aliphatic heterocycles. The van der Waals surface area contributed by atoms with Crippen molar-refractivity contribution in [3.05, 3.63) is 0 Å². The number of amides is 1. The van der Waals surface area contributed by atoms with Crippen LogP contribution >= 0.6 is 0 Å². The fourth-order valence-corrected chi connectivity index (χ4v) is 3.04. The van der Waals surface area contributed by atoms with Crippen LogP contribution in [0.1, 0.15) is 39.5 Å². The maximum Gasteiger partial charge on any atom is 0.223 e. The quantitative estimate of drug-likeness (QED) is 0.658. The number of carbonyl (C=O) groups is 1. The SMILES string of the molecule is CC(C)C1C(=O)NC2CCCCC21. The molecule has 2 fully saturated rings. The lowest BCUT2D eigenvalue weighted by Gasteiger charge is -2.28. The van der Waals surface area contributed by atoms with E-state index in [1.54, 1.807) is 0 Å². The second-order valence-electron chi connectivity index (χ2n) is 4.83. The molecule has 2 rings (SSSR count). The van der Waals surface area contributed by atoms with E-state index in [0.717, 1.165) is 0 Å². The predicted octanol–water partition coefficient (Wildman–Crippen LogP) is 1.95. The Hall–Kier alpha value is -0.530. The third-order valence-electron chi connectivity index (χ3n) is 3.63. The van der Waals surface area contributed by atoms with Crippen LogP contribution < -0.4 is 5.32 Å². The van der Waals surface area contributed by atoms with Crippen LogP contribution in [-0.4, -0.2) is 11.9 Å². The molecule has 0 radical (unpaired) electrons. The molecule has 1 heterocycles. The van der Waals surface area contributed by atoms with Crippen molar-refractivity contribution in [3.8, 4) is 0 Å². The first-order valence-electron chi connectivity index (χ1n) is 5.50. The van der Waals surface area contributed by atoms with Crippen molar-refractivity contribution in [2.24, 2.45) is 17.8 Å². The Labute approximate surface area is 80.1 Å². The van der Waals surface area contributed by atoms with E-state index in [1.165, 1.54) is 25.7 Å². The number of hydrogen-bond acceptors (Lipinski definition) is 1. The van der Waals surface area contributed by atoms with Crippen molar-refractivity contribution in [1.82, 2.24) is 5.32 Å². The second-order valence-corrected chi connectivity index (χ2v) is 4.83. The van der Waals surface area contributed by atoms with Gasteiger partial charge in [-0.25, -0.2) is 0 Å². The fourth-order valence-electron chi connectivity index (χ4n) is 3.04. The molecule has 13 heavy (non-hydrogen) atoms. The Kier molecular flexibility index (Phi) is 2.31. The van der Waals surface area contributed by atoms with Gasteiger partial charge in [0.1, 0.15) is 0 Å². The number of hydrogen-bond donors (Lipinski definition) is 1. The average Bonchev–Trinajstić information content (AvgIpc) is 2.39. The van der Waals surface area contributed by atoms with Gasteiger partial charge < -0.3 is 5.32 Å². The first-order chi connectivity index (χ1) is 6.20. The molecular formula is C11H19NO. The molecule has 0 bridgehead atoms. The van der Waals surface area contributed by atoms with Gasteiger partial charge in [-0.3, -0.25) is 4.79 Å². The lowest BCUT2D eigenvalue weighted by atomic mass is 9.75. The van der Waals surface area contributed by atoms with Gasteiger partial charge in [0.2, 0.25) is 5.91 Å². The Morgan fingerprint density at radius 1 is 1.31 bits per heavy atom. The van der Waals surface area contributed by atoms with E-state index in [1.807, 2.05) is 0 Å². The molecule has 0 spiro atoms. The van der Waals surface area contributed by atoms with Crippen LogP contribution in [-0.2, 0) is 4.79 Å². The highest BCUT2D eigenvalue weighted by Crippen LogP contribution is 2.38.